The highest BCUT2D eigenvalue weighted by molar-refractivity contribution is 5.87. The normalized spacial score (nSPS) is 9.77. The molecule has 0 radical (unpaired) electrons. The summed E-state index contributed by atoms with van der Waals surface area (Å²) in [6.45, 7) is 3.25. The van der Waals surface area contributed by atoms with E-state index in [0.717, 1.165) is 0 Å². The van der Waals surface area contributed by atoms with Gasteiger partial charge in [0.1, 0.15) is 0 Å². The molecule has 1 heterocycles. The van der Waals surface area contributed by atoms with E-state index in [1.54, 1.807) is 13.8 Å². The van der Waals surface area contributed by atoms with Crippen LogP contribution < -0.4 is 4.43 Å². The molecule has 0 aliphatic rings. The van der Waals surface area contributed by atoms with Gasteiger partial charge in [-0.05, 0) is 6.92 Å². The zero-order valence-electron chi connectivity index (χ0n) is 7.75. The van der Waals surface area contributed by atoms with Crippen molar-refractivity contribution in [1.29, 1.82) is 0 Å². The summed E-state index contributed by atoms with van der Waals surface area (Å²) < 4.78 is 5.14. The van der Waals surface area contributed by atoms with Crippen molar-refractivity contribution in [3.63, 3.8) is 0 Å². The molecule has 1 aromatic rings. The molecule has 5 heteroatoms. The second-order valence-electron chi connectivity index (χ2n) is 2.71. The van der Waals surface area contributed by atoms with E-state index in [1.807, 2.05) is 0 Å². The fraction of sp³-hybridized carbons (Fsp3) is 0.375. The van der Waals surface area contributed by atoms with E-state index in [9.17, 15) is 9.70 Å². The molecule has 0 amide bonds. The molecule has 0 unspecified atom stereocenters. The average Bonchev–Trinajstić information content (AvgIpc) is 2.10. The molecule has 0 fully saturated rings. The number of rotatable bonds is 1. The van der Waals surface area contributed by atoms with Gasteiger partial charge in [0.05, 0.1) is 17.2 Å². The maximum absolute atomic E-state index is 11.2. The van der Waals surface area contributed by atoms with Crippen molar-refractivity contribution in [2.24, 2.45) is 0 Å². The first-order chi connectivity index (χ1) is 6.06. The smallest absolute Gasteiger partial charge is 0.361 e. The van der Waals surface area contributed by atoms with Crippen LogP contribution in [0.15, 0.2) is 6.20 Å². The number of aromatic nitrogens is 2. The fourth-order valence-corrected chi connectivity index (χ4v) is 1.00. The summed E-state index contributed by atoms with van der Waals surface area (Å²) >= 11 is 0. The first-order valence-corrected chi connectivity index (χ1v) is 3.77. The molecule has 1 N–H and O–H groups in total. The van der Waals surface area contributed by atoms with E-state index in [1.165, 1.54) is 13.3 Å². The van der Waals surface area contributed by atoms with Crippen LogP contribution in [0.1, 0.15) is 21.9 Å². The molecule has 5 nitrogen and oxygen atoms in total. The number of nitrogens with zero attached hydrogens (tertiary/aromatic N) is 1. The number of H-pyrrole nitrogens is 1. The van der Waals surface area contributed by atoms with Gasteiger partial charge in [-0.15, -0.1) is 0 Å². The molecule has 70 valence electrons. The van der Waals surface area contributed by atoms with Crippen LogP contribution in [-0.2, 0) is 4.74 Å². The van der Waals surface area contributed by atoms with E-state index >= 15 is 0 Å². The van der Waals surface area contributed by atoms with Crippen molar-refractivity contribution < 1.29 is 14.0 Å². The van der Waals surface area contributed by atoms with Crippen molar-refractivity contribution in [1.82, 2.24) is 4.98 Å². The standard InChI is InChI=1S/C8H11N2O3/c1-5-4-10(12)6(2)7(9-5)8(11)13-3/h4H,1-3H3,(H,9,12)/q+1. The summed E-state index contributed by atoms with van der Waals surface area (Å²) in [5.41, 5.74) is 1.11. The Labute approximate surface area is 75.0 Å². The number of nitrogens with one attached hydrogen (secondary N) is 1. The maximum atomic E-state index is 11.2. The molecule has 0 atom stereocenters. The predicted octanol–water partition coefficient (Wildman–Crippen LogP) is 0.333. The highest BCUT2D eigenvalue weighted by Gasteiger charge is 2.18. The minimum atomic E-state index is -0.536. The third-order valence-electron chi connectivity index (χ3n) is 1.71. The molecule has 0 aliphatic carbocycles. The van der Waals surface area contributed by atoms with E-state index in [4.69, 9.17) is 0 Å². The van der Waals surface area contributed by atoms with Crippen LogP contribution in [0, 0.1) is 18.8 Å². The second kappa shape index (κ2) is 3.38. The second-order valence-corrected chi connectivity index (χ2v) is 2.71. The van der Waals surface area contributed by atoms with E-state index in [0.29, 0.717) is 15.8 Å². The quantitative estimate of drug-likeness (QED) is 0.504. The van der Waals surface area contributed by atoms with E-state index in [2.05, 4.69) is 9.72 Å². The molecule has 0 spiro atoms. The number of esters is 1. The molecule has 0 saturated heterocycles. The van der Waals surface area contributed by atoms with Gasteiger partial charge in [-0.2, -0.15) is 0 Å². The Kier molecular flexibility index (Phi) is 2.46. The number of ether oxygens (including phenoxy) is 1. The summed E-state index contributed by atoms with van der Waals surface area (Å²) in [5.74, 6) is -0.536. The Balaban J connectivity index is 3.37. The Morgan fingerprint density at radius 1 is 1.54 bits per heavy atom. The van der Waals surface area contributed by atoms with Crippen LogP contribution in [0.5, 0.6) is 0 Å². The molecule has 1 aromatic heterocycles. The summed E-state index contributed by atoms with van der Waals surface area (Å²) in [7, 11) is 1.27. The average molecular weight is 183 g/mol. The van der Waals surface area contributed by atoms with Crippen LogP contribution in [0.4, 0.5) is 0 Å². The number of methoxy groups -OCH3 is 1. The van der Waals surface area contributed by atoms with Gasteiger partial charge >= 0.3 is 5.97 Å². The van der Waals surface area contributed by atoms with Gasteiger partial charge in [0.25, 0.3) is 5.69 Å². The number of aryl methyl sites for hydroxylation is 1. The molecular formula is C8H11N2O3+. The summed E-state index contributed by atoms with van der Waals surface area (Å²) in [6.07, 6.45) is 1.36. The Morgan fingerprint density at radius 2 is 2.15 bits per heavy atom. The van der Waals surface area contributed by atoms with Gasteiger partial charge in [0, 0.05) is 11.8 Å². The van der Waals surface area contributed by atoms with Gasteiger partial charge in [0.15, 0.2) is 5.69 Å². The monoisotopic (exact) mass is 183 g/mol. The number of hydrogen-bond donors (Lipinski definition) is 1. The first-order valence-electron chi connectivity index (χ1n) is 3.77. The number of aromatic amines is 1. The minimum Gasteiger partial charge on any atom is -0.464 e. The highest BCUT2D eigenvalue weighted by atomic mass is 16.5. The van der Waals surface area contributed by atoms with Crippen molar-refractivity contribution in [3.8, 4) is 0 Å². The van der Waals surface area contributed by atoms with Gasteiger partial charge in [-0.3, -0.25) is 0 Å². The minimum absolute atomic E-state index is 0.192. The molecule has 0 saturated carbocycles. The number of carbonyl (C=O) groups excluding carboxylic acids is 1. The van der Waals surface area contributed by atoms with Crippen LogP contribution in [-0.4, -0.2) is 18.1 Å². The Morgan fingerprint density at radius 3 is 2.69 bits per heavy atom. The lowest BCUT2D eigenvalue weighted by Gasteiger charge is -1.98. The lowest BCUT2D eigenvalue weighted by molar-refractivity contribution is -0.504. The first kappa shape index (κ1) is 9.44. The summed E-state index contributed by atoms with van der Waals surface area (Å²) in [4.78, 5) is 25.1. The highest BCUT2D eigenvalue weighted by Crippen LogP contribution is 2.00. The zero-order valence-corrected chi connectivity index (χ0v) is 7.75. The Bertz CT molecular complexity index is 395. The lowest BCUT2D eigenvalue weighted by Crippen LogP contribution is -2.24. The third kappa shape index (κ3) is 1.74. The zero-order chi connectivity index (χ0) is 10.0. The van der Waals surface area contributed by atoms with Gasteiger partial charge < -0.3 is 9.72 Å². The fourth-order valence-electron chi connectivity index (χ4n) is 1.00. The Hall–Kier alpha value is -1.65. The van der Waals surface area contributed by atoms with Crippen LogP contribution >= 0.6 is 0 Å². The summed E-state index contributed by atoms with van der Waals surface area (Å²) in [5, 5.41) is 0. The number of carbonyl (C=O) groups is 1. The van der Waals surface area contributed by atoms with Crippen molar-refractivity contribution >= 4 is 5.97 Å². The molecule has 0 aliphatic heterocycles. The van der Waals surface area contributed by atoms with Gasteiger partial charge in [-0.1, -0.05) is 0 Å². The van der Waals surface area contributed by atoms with Gasteiger partial charge in [0.2, 0.25) is 6.20 Å². The SMILES string of the molecule is COC(=O)c1[nH]c(C)c[n+](=O)c1C. The van der Waals surface area contributed by atoms with E-state index in [-0.39, 0.29) is 5.69 Å². The van der Waals surface area contributed by atoms with Crippen LogP contribution in [0.25, 0.3) is 0 Å². The van der Waals surface area contributed by atoms with Crippen molar-refractivity contribution in [3.05, 3.63) is 28.2 Å². The number of hydrogen-bond acceptors (Lipinski definition) is 3. The predicted molar refractivity (Wildman–Crippen MR) is 45.0 cm³/mol. The van der Waals surface area contributed by atoms with Gasteiger partial charge in [-0.25, -0.2) is 4.79 Å². The largest absolute Gasteiger partial charge is 0.464 e. The molecular weight excluding hydrogens is 172 g/mol. The third-order valence-corrected chi connectivity index (χ3v) is 1.71. The molecule has 13 heavy (non-hydrogen) atoms. The topological polar surface area (TPSA) is 65.1 Å². The van der Waals surface area contributed by atoms with E-state index < -0.39 is 5.97 Å². The van der Waals surface area contributed by atoms with Crippen molar-refractivity contribution in [2.75, 3.05) is 7.11 Å². The van der Waals surface area contributed by atoms with Crippen molar-refractivity contribution in [2.45, 2.75) is 13.8 Å². The van der Waals surface area contributed by atoms with Crippen LogP contribution in [0.2, 0.25) is 0 Å². The molecule has 0 aromatic carbocycles. The summed E-state index contributed by atoms with van der Waals surface area (Å²) in [6, 6.07) is 0. The van der Waals surface area contributed by atoms with Crippen LogP contribution in [0.3, 0.4) is 0 Å². The molecule has 0 bridgehead atoms. The maximum Gasteiger partial charge on any atom is 0.361 e. The molecule has 1 rings (SSSR count). The lowest BCUT2D eigenvalue weighted by atomic mass is 10.3.